The van der Waals surface area contributed by atoms with E-state index in [-0.39, 0.29) is 10.8 Å². The second kappa shape index (κ2) is 8.04. The normalized spacial score (nSPS) is 18.6. The van der Waals surface area contributed by atoms with Crippen molar-refractivity contribution in [2.75, 3.05) is 20.2 Å². The molecule has 1 heterocycles. The first-order valence-corrected chi connectivity index (χ1v) is 11.9. The van der Waals surface area contributed by atoms with E-state index in [1.807, 2.05) is 31.2 Å². The predicted molar refractivity (Wildman–Crippen MR) is 115 cm³/mol. The Labute approximate surface area is 178 Å². The molecule has 30 heavy (non-hydrogen) atoms. The molecule has 0 radical (unpaired) electrons. The van der Waals surface area contributed by atoms with Crippen LogP contribution in [0, 0.1) is 6.92 Å². The SMILES string of the molecule is COc1ccc(C2(NC(=O)c3cc(S(=O)(=O)N4CCCCC4)ccc3C)CC2)cc1. The van der Waals surface area contributed by atoms with Crippen molar-refractivity contribution < 1.29 is 17.9 Å². The van der Waals surface area contributed by atoms with Crippen LogP contribution in [0.2, 0.25) is 0 Å². The summed E-state index contributed by atoms with van der Waals surface area (Å²) in [6.07, 6.45) is 4.53. The van der Waals surface area contributed by atoms with Gasteiger partial charge in [-0.25, -0.2) is 8.42 Å². The van der Waals surface area contributed by atoms with Crippen molar-refractivity contribution in [3.8, 4) is 5.75 Å². The van der Waals surface area contributed by atoms with Crippen LogP contribution in [0.1, 0.15) is 53.6 Å². The zero-order valence-corrected chi connectivity index (χ0v) is 18.3. The van der Waals surface area contributed by atoms with Gasteiger partial charge in [-0.1, -0.05) is 24.6 Å². The van der Waals surface area contributed by atoms with Gasteiger partial charge in [-0.05, 0) is 68.0 Å². The summed E-state index contributed by atoms with van der Waals surface area (Å²) in [5, 5.41) is 3.15. The van der Waals surface area contributed by atoms with E-state index in [0.29, 0.717) is 18.7 Å². The van der Waals surface area contributed by atoms with E-state index < -0.39 is 15.6 Å². The number of ether oxygens (including phenoxy) is 1. The molecule has 1 aliphatic heterocycles. The van der Waals surface area contributed by atoms with Crippen LogP contribution in [0.5, 0.6) is 5.75 Å². The van der Waals surface area contributed by atoms with Crippen LogP contribution in [0.4, 0.5) is 0 Å². The van der Waals surface area contributed by atoms with Crippen molar-refractivity contribution in [1.29, 1.82) is 0 Å². The molecule has 2 aromatic carbocycles. The minimum atomic E-state index is -3.58. The monoisotopic (exact) mass is 428 g/mol. The Morgan fingerprint density at radius 2 is 1.70 bits per heavy atom. The van der Waals surface area contributed by atoms with Gasteiger partial charge in [-0.2, -0.15) is 4.31 Å². The number of hydrogen-bond donors (Lipinski definition) is 1. The van der Waals surface area contributed by atoms with Crippen LogP contribution in [0.3, 0.4) is 0 Å². The molecule has 0 atom stereocenters. The molecule has 7 heteroatoms. The topological polar surface area (TPSA) is 75.7 Å². The number of amides is 1. The largest absolute Gasteiger partial charge is 0.497 e. The highest BCUT2D eigenvalue weighted by atomic mass is 32.2. The number of nitrogens with zero attached hydrogens (tertiary/aromatic N) is 1. The van der Waals surface area contributed by atoms with Crippen molar-refractivity contribution in [3.05, 3.63) is 59.2 Å². The van der Waals surface area contributed by atoms with Crippen LogP contribution in [0.15, 0.2) is 47.4 Å². The third kappa shape index (κ3) is 3.96. The third-order valence-corrected chi connectivity index (χ3v) is 8.05. The van der Waals surface area contributed by atoms with E-state index >= 15 is 0 Å². The van der Waals surface area contributed by atoms with E-state index in [4.69, 9.17) is 4.74 Å². The van der Waals surface area contributed by atoms with Crippen molar-refractivity contribution in [3.63, 3.8) is 0 Å². The van der Waals surface area contributed by atoms with Crippen molar-refractivity contribution in [2.45, 2.75) is 49.5 Å². The molecule has 1 saturated carbocycles. The number of hydrogen-bond acceptors (Lipinski definition) is 4. The van der Waals surface area contributed by atoms with E-state index in [1.165, 1.54) is 10.4 Å². The highest BCUT2D eigenvalue weighted by molar-refractivity contribution is 7.89. The molecule has 1 N–H and O–H groups in total. The highest BCUT2D eigenvalue weighted by Gasteiger charge is 2.46. The number of carbonyl (C=O) groups is 1. The minimum Gasteiger partial charge on any atom is -0.497 e. The number of aryl methyl sites for hydroxylation is 1. The number of nitrogens with one attached hydrogen (secondary N) is 1. The van der Waals surface area contributed by atoms with E-state index in [2.05, 4.69) is 5.32 Å². The van der Waals surface area contributed by atoms with Crippen LogP contribution in [0.25, 0.3) is 0 Å². The lowest BCUT2D eigenvalue weighted by Crippen LogP contribution is -2.37. The Hall–Kier alpha value is -2.38. The van der Waals surface area contributed by atoms with Crippen LogP contribution in [-0.2, 0) is 15.6 Å². The lowest BCUT2D eigenvalue weighted by atomic mass is 10.0. The lowest BCUT2D eigenvalue weighted by Gasteiger charge is -2.26. The van der Waals surface area contributed by atoms with Crippen LogP contribution >= 0.6 is 0 Å². The smallest absolute Gasteiger partial charge is 0.252 e. The Morgan fingerprint density at radius 1 is 1.03 bits per heavy atom. The summed E-state index contributed by atoms with van der Waals surface area (Å²) in [6.45, 7) is 2.91. The summed E-state index contributed by atoms with van der Waals surface area (Å²) in [7, 11) is -1.96. The fraction of sp³-hybridized carbons (Fsp3) is 0.435. The predicted octanol–water partition coefficient (Wildman–Crippen LogP) is 3.60. The molecule has 1 aliphatic carbocycles. The Morgan fingerprint density at radius 3 is 2.30 bits per heavy atom. The molecule has 2 fully saturated rings. The number of sulfonamides is 1. The molecule has 1 amide bonds. The van der Waals surface area contributed by atoms with Gasteiger partial charge in [0.2, 0.25) is 10.0 Å². The van der Waals surface area contributed by atoms with Crippen molar-refractivity contribution >= 4 is 15.9 Å². The van der Waals surface area contributed by atoms with Gasteiger partial charge >= 0.3 is 0 Å². The molecule has 0 aromatic heterocycles. The van der Waals surface area contributed by atoms with Crippen molar-refractivity contribution in [2.24, 2.45) is 0 Å². The van der Waals surface area contributed by atoms with Gasteiger partial charge in [0.05, 0.1) is 17.5 Å². The van der Waals surface area contributed by atoms with E-state index in [0.717, 1.165) is 49.0 Å². The summed E-state index contributed by atoms with van der Waals surface area (Å²) in [4.78, 5) is 13.3. The fourth-order valence-corrected chi connectivity index (χ4v) is 5.61. The van der Waals surface area contributed by atoms with Gasteiger partial charge in [-0.15, -0.1) is 0 Å². The molecule has 2 aromatic rings. The van der Waals surface area contributed by atoms with Gasteiger partial charge in [0.1, 0.15) is 5.75 Å². The standard InChI is InChI=1S/C23H28N2O4S/c1-17-6-11-20(30(27,28)25-14-4-3-5-15-25)16-21(17)22(26)24-23(12-13-23)18-7-9-19(29-2)10-8-18/h6-11,16H,3-5,12-15H2,1-2H3,(H,24,26). The second-order valence-corrected chi connectivity index (χ2v) is 10.1. The summed E-state index contributed by atoms with van der Waals surface area (Å²) < 4.78 is 32.8. The summed E-state index contributed by atoms with van der Waals surface area (Å²) in [6, 6.07) is 12.6. The molecule has 160 valence electrons. The first kappa shape index (κ1) is 20.9. The minimum absolute atomic E-state index is 0.189. The van der Waals surface area contributed by atoms with Gasteiger partial charge < -0.3 is 10.1 Å². The third-order valence-electron chi connectivity index (χ3n) is 6.15. The molecular weight excluding hydrogens is 400 g/mol. The molecule has 6 nitrogen and oxygen atoms in total. The van der Waals surface area contributed by atoms with Crippen LogP contribution < -0.4 is 10.1 Å². The number of piperidine rings is 1. The van der Waals surface area contributed by atoms with Crippen LogP contribution in [-0.4, -0.2) is 38.8 Å². The maximum atomic E-state index is 13.1. The van der Waals surface area contributed by atoms with Gasteiger partial charge in [0, 0.05) is 18.7 Å². The van der Waals surface area contributed by atoms with Crippen molar-refractivity contribution in [1.82, 2.24) is 9.62 Å². The summed E-state index contributed by atoms with van der Waals surface area (Å²) in [5.74, 6) is 0.531. The summed E-state index contributed by atoms with van der Waals surface area (Å²) >= 11 is 0. The lowest BCUT2D eigenvalue weighted by molar-refractivity contribution is 0.0930. The average Bonchev–Trinajstić information content (AvgIpc) is 3.55. The molecular formula is C23H28N2O4S. The highest BCUT2D eigenvalue weighted by Crippen LogP contribution is 2.46. The summed E-state index contributed by atoms with van der Waals surface area (Å²) in [5.41, 5.74) is 1.81. The molecule has 1 saturated heterocycles. The number of carbonyl (C=O) groups excluding carboxylic acids is 1. The fourth-order valence-electron chi connectivity index (χ4n) is 4.07. The zero-order valence-electron chi connectivity index (χ0n) is 17.5. The molecule has 0 bridgehead atoms. The van der Waals surface area contributed by atoms with E-state index in [9.17, 15) is 13.2 Å². The quantitative estimate of drug-likeness (QED) is 0.763. The molecule has 0 unspecified atom stereocenters. The molecule has 2 aliphatic rings. The first-order valence-electron chi connectivity index (χ1n) is 10.4. The maximum absolute atomic E-state index is 13.1. The Balaban J connectivity index is 1.57. The van der Waals surface area contributed by atoms with E-state index in [1.54, 1.807) is 19.2 Å². The van der Waals surface area contributed by atoms with Gasteiger partial charge in [0.15, 0.2) is 0 Å². The van der Waals surface area contributed by atoms with Gasteiger partial charge in [-0.3, -0.25) is 4.79 Å². The zero-order chi connectivity index (χ0) is 21.4. The number of methoxy groups -OCH3 is 1. The Bertz CT molecular complexity index is 1040. The maximum Gasteiger partial charge on any atom is 0.252 e. The number of benzene rings is 2. The average molecular weight is 429 g/mol. The second-order valence-electron chi connectivity index (χ2n) is 8.21. The molecule has 4 rings (SSSR count). The first-order chi connectivity index (χ1) is 14.4. The number of rotatable bonds is 6. The molecule has 0 spiro atoms. The Kier molecular flexibility index (Phi) is 5.59. The van der Waals surface area contributed by atoms with Gasteiger partial charge in [0.25, 0.3) is 5.91 Å².